The van der Waals surface area contributed by atoms with E-state index in [-0.39, 0.29) is 18.4 Å². The van der Waals surface area contributed by atoms with Crippen molar-refractivity contribution in [3.63, 3.8) is 0 Å². The van der Waals surface area contributed by atoms with Crippen molar-refractivity contribution in [3.8, 4) is 0 Å². The van der Waals surface area contributed by atoms with Crippen molar-refractivity contribution < 1.29 is 14.3 Å². The van der Waals surface area contributed by atoms with Gasteiger partial charge in [-0.15, -0.1) is 0 Å². The summed E-state index contributed by atoms with van der Waals surface area (Å²) in [5.41, 5.74) is 5.18. The highest BCUT2D eigenvalue weighted by Crippen LogP contribution is 1.92. The lowest BCUT2D eigenvalue weighted by Crippen LogP contribution is -2.46. The van der Waals surface area contributed by atoms with E-state index in [0.29, 0.717) is 13.2 Å². The highest BCUT2D eigenvalue weighted by molar-refractivity contribution is 5.87. The molecule has 0 aliphatic heterocycles. The standard InChI is InChI=1S/C10H21N3O3/c1-7(2)13-9(14)6-8(10(11)15)12-4-5-16-3/h7-8,12H,4-6H2,1-3H3,(H2,11,15)(H,13,14). The third-order valence-corrected chi connectivity index (χ3v) is 1.88. The van der Waals surface area contributed by atoms with Crippen LogP contribution >= 0.6 is 0 Å². The van der Waals surface area contributed by atoms with E-state index in [0.717, 1.165) is 0 Å². The van der Waals surface area contributed by atoms with Crippen LogP contribution < -0.4 is 16.4 Å². The predicted molar refractivity (Wildman–Crippen MR) is 60.8 cm³/mol. The molecule has 0 radical (unpaired) electrons. The van der Waals surface area contributed by atoms with Gasteiger partial charge in [0.05, 0.1) is 19.1 Å². The van der Waals surface area contributed by atoms with E-state index in [1.807, 2.05) is 13.8 Å². The molecule has 0 heterocycles. The molecule has 0 rings (SSSR count). The summed E-state index contributed by atoms with van der Waals surface area (Å²) in [5.74, 6) is -0.723. The first kappa shape index (κ1) is 14.9. The van der Waals surface area contributed by atoms with Crippen LogP contribution in [-0.4, -0.2) is 44.2 Å². The molecule has 0 fully saturated rings. The normalized spacial score (nSPS) is 12.5. The largest absolute Gasteiger partial charge is 0.383 e. The molecule has 0 aromatic rings. The van der Waals surface area contributed by atoms with Crippen LogP contribution in [-0.2, 0) is 14.3 Å². The van der Waals surface area contributed by atoms with Gasteiger partial charge in [0.25, 0.3) is 0 Å². The molecule has 0 aromatic carbocycles. The van der Waals surface area contributed by atoms with E-state index >= 15 is 0 Å². The zero-order valence-corrected chi connectivity index (χ0v) is 10.1. The minimum Gasteiger partial charge on any atom is -0.383 e. The van der Waals surface area contributed by atoms with Crippen molar-refractivity contribution >= 4 is 11.8 Å². The van der Waals surface area contributed by atoms with Crippen LogP contribution in [0.3, 0.4) is 0 Å². The van der Waals surface area contributed by atoms with Crippen molar-refractivity contribution in [1.82, 2.24) is 10.6 Å². The van der Waals surface area contributed by atoms with E-state index in [9.17, 15) is 9.59 Å². The Balaban J connectivity index is 4.02. The van der Waals surface area contributed by atoms with E-state index in [1.165, 1.54) is 0 Å². The number of methoxy groups -OCH3 is 1. The summed E-state index contributed by atoms with van der Waals surface area (Å²) in [5, 5.41) is 5.56. The fraction of sp³-hybridized carbons (Fsp3) is 0.800. The number of primary amides is 1. The Kier molecular flexibility index (Phi) is 7.49. The number of ether oxygens (including phenoxy) is 1. The average molecular weight is 231 g/mol. The molecule has 0 aromatic heterocycles. The first-order valence-corrected chi connectivity index (χ1v) is 5.28. The van der Waals surface area contributed by atoms with Crippen LogP contribution in [0.5, 0.6) is 0 Å². The van der Waals surface area contributed by atoms with Crippen LogP contribution in [0.1, 0.15) is 20.3 Å². The van der Waals surface area contributed by atoms with Crippen LogP contribution in [0, 0.1) is 0 Å². The fourth-order valence-corrected chi connectivity index (χ4v) is 1.17. The van der Waals surface area contributed by atoms with Gasteiger partial charge >= 0.3 is 0 Å². The molecule has 0 aliphatic rings. The molecule has 16 heavy (non-hydrogen) atoms. The van der Waals surface area contributed by atoms with Crippen LogP contribution in [0.4, 0.5) is 0 Å². The third-order valence-electron chi connectivity index (χ3n) is 1.88. The van der Waals surface area contributed by atoms with Gasteiger partial charge in [0.15, 0.2) is 0 Å². The first-order chi connectivity index (χ1) is 7.47. The summed E-state index contributed by atoms with van der Waals surface area (Å²) in [6, 6.07) is -0.589. The van der Waals surface area contributed by atoms with Gasteiger partial charge in [-0.1, -0.05) is 0 Å². The summed E-state index contributed by atoms with van der Waals surface area (Å²) in [6.07, 6.45) is 0.0528. The molecule has 0 spiro atoms. The van der Waals surface area contributed by atoms with Gasteiger partial charge in [0, 0.05) is 19.7 Å². The summed E-state index contributed by atoms with van der Waals surface area (Å²) in [6.45, 7) is 4.67. The van der Waals surface area contributed by atoms with E-state index in [2.05, 4.69) is 10.6 Å². The number of nitrogens with one attached hydrogen (secondary N) is 2. The Labute approximate surface area is 95.9 Å². The van der Waals surface area contributed by atoms with Crippen molar-refractivity contribution in [1.29, 1.82) is 0 Å². The molecule has 0 saturated carbocycles. The monoisotopic (exact) mass is 231 g/mol. The third kappa shape index (κ3) is 7.19. The Morgan fingerprint density at radius 1 is 1.38 bits per heavy atom. The molecular formula is C10H21N3O3. The van der Waals surface area contributed by atoms with Crippen molar-refractivity contribution in [2.45, 2.75) is 32.4 Å². The number of carbonyl (C=O) groups is 2. The second kappa shape index (κ2) is 8.06. The number of hydrogen-bond acceptors (Lipinski definition) is 4. The number of carbonyl (C=O) groups excluding carboxylic acids is 2. The van der Waals surface area contributed by atoms with Gasteiger partial charge in [-0.3, -0.25) is 9.59 Å². The van der Waals surface area contributed by atoms with Gasteiger partial charge in [0.1, 0.15) is 0 Å². The molecule has 0 saturated heterocycles. The van der Waals surface area contributed by atoms with E-state index in [4.69, 9.17) is 10.5 Å². The molecule has 0 bridgehead atoms. The Morgan fingerprint density at radius 3 is 2.44 bits per heavy atom. The highest BCUT2D eigenvalue weighted by atomic mass is 16.5. The average Bonchev–Trinajstić information content (AvgIpc) is 2.15. The lowest BCUT2D eigenvalue weighted by molar-refractivity contribution is -0.127. The maximum absolute atomic E-state index is 11.4. The van der Waals surface area contributed by atoms with Crippen LogP contribution in [0.2, 0.25) is 0 Å². The van der Waals surface area contributed by atoms with Crippen molar-refractivity contribution in [3.05, 3.63) is 0 Å². The Bertz CT molecular complexity index is 231. The van der Waals surface area contributed by atoms with Gasteiger partial charge in [-0.25, -0.2) is 0 Å². The second-order valence-corrected chi connectivity index (χ2v) is 3.83. The maximum atomic E-state index is 11.4. The molecule has 1 unspecified atom stereocenters. The van der Waals surface area contributed by atoms with Gasteiger partial charge in [0.2, 0.25) is 11.8 Å². The maximum Gasteiger partial charge on any atom is 0.235 e. The molecule has 6 heteroatoms. The zero-order valence-electron chi connectivity index (χ0n) is 10.1. The number of rotatable bonds is 8. The minimum absolute atomic E-state index is 0.0528. The fourth-order valence-electron chi connectivity index (χ4n) is 1.17. The van der Waals surface area contributed by atoms with Crippen molar-refractivity contribution in [2.75, 3.05) is 20.3 Å². The van der Waals surface area contributed by atoms with Crippen LogP contribution in [0.15, 0.2) is 0 Å². The molecule has 4 N–H and O–H groups in total. The number of hydrogen-bond donors (Lipinski definition) is 3. The molecule has 2 amide bonds. The van der Waals surface area contributed by atoms with Gasteiger partial charge in [-0.05, 0) is 13.8 Å². The first-order valence-electron chi connectivity index (χ1n) is 5.28. The summed E-state index contributed by atoms with van der Waals surface area (Å²) >= 11 is 0. The lowest BCUT2D eigenvalue weighted by atomic mass is 10.2. The zero-order chi connectivity index (χ0) is 12.6. The highest BCUT2D eigenvalue weighted by Gasteiger charge is 2.18. The van der Waals surface area contributed by atoms with Crippen molar-refractivity contribution in [2.24, 2.45) is 5.73 Å². The Hall–Kier alpha value is -1.14. The second-order valence-electron chi connectivity index (χ2n) is 3.83. The SMILES string of the molecule is COCCNC(CC(=O)NC(C)C)C(N)=O. The molecule has 1 atom stereocenters. The lowest BCUT2D eigenvalue weighted by Gasteiger charge is -2.16. The smallest absolute Gasteiger partial charge is 0.235 e. The van der Waals surface area contributed by atoms with E-state index in [1.54, 1.807) is 7.11 Å². The quantitative estimate of drug-likeness (QED) is 0.467. The number of amides is 2. The Morgan fingerprint density at radius 2 is 2.00 bits per heavy atom. The predicted octanol–water partition coefficient (Wildman–Crippen LogP) is -1.01. The van der Waals surface area contributed by atoms with Gasteiger partial charge in [-0.2, -0.15) is 0 Å². The summed E-state index contributed by atoms with van der Waals surface area (Å²) in [4.78, 5) is 22.5. The summed E-state index contributed by atoms with van der Waals surface area (Å²) < 4.78 is 4.83. The molecule has 94 valence electrons. The topological polar surface area (TPSA) is 93.4 Å². The van der Waals surface area contributed by atoms with Crippen LogP contribution in [0.25, 0.3) is 0 Å². The molecule has 6 nitrogen and oxygen atoms in total. The number of nitrogens with two attached hydrogens (primary N) is 1. The minimum atomic E-state index is -0.645. The summed E-state index contributed by atoms with van der Waals surface area (Å²) in [7, 11) is 1.56. The van der Waals surface area contributed by atoms with Gasteiger partial charge < -0.3 is 21.1 Å². The molecular weight excluding hydrogens is 210 g/mol. The van der Waals surface area contributed by atoms with E-state index < -0.39 is 11.9 Å². The molecule has 0 aliphatic carbocycles.